The number of nitrogens with two attached hydrogens (primary N) is 1. The molecule has 0 saturated heterocycles. The Balaban J connectivity index is 1.73. The summed E-state index contributed by atoms with van der Waals surface area (Å²) < 4.78 is 5.17. The highest BCUT2D eigenvalue weighted by atomic mass is 16.5. The summed E-state index contributed by atoms with van der Waals surface area (Å²) in [5.41, 5.74) is 4.81. The lowest BCUT2D eigenvalue weighted by atomic mass is 9.81. The third-order valence-corrected chi connectivity index (χ3v) is 4.27. The molecule has 1 aromatic heterocycles. The SMILES string of the molecule is NC(=O)C1(NC(=O)c2cc(C3CC3)on2)CCCCC1. The molecule has 0 spiro atoms. The number of nitrogens with one attached hydrogen (secondary N) is 1. The van der Waals surface area contributed by atoms with Crippen LogP contribution in [0.1, 0.15) is 67.1 Å². The van der Waals surface area contributed by atoms with E-state index in [1.54, 1.807) is 6.07 Å². The van der Waals surface area contributed by atoms with E-state index < -0.39 is 11.4 Å². The average molecular weight is 277 g/mol. The maximum atomic E-state index is 12.2. The fourth-order valence-electron chi connectivity index (χ4n) is 2.83. The first-order valence-corrected chi connectivity index (χ1v) is 7.20. The second-order valence-corrected chi connectivity index (χ2v) is 5.85. The van der Waals surface area contributed by atoms with Crippen LogP contribution in [0.2, 0.25) is 0 Å². The number of carbonyl (C=O) groups is 2. The van der Waals surface area contributed by atoms with Crippen molar-refractivity contribution in [2.45, 2.75) is 56.4 Å². The molecule has 20 heavy (non-hydrogen) atoms. The lowest BCUT2D eigenvalue weighted by Crippen LogP contribution is -2.58. The number of rotatable bonds is 4. The van der Waals surface area contributed by atoms with Crippen LogP contribution in [0.3, 0.4) is 0 Å². The number of primary amides is 1. The number of aromatic nitrogens is 1. The van der Waals surface area contributed by atoms with Crippen LogP contribution in [0, 0.1) is 0 Å². The van der Waals surface area contributed by atoms with E-state index in [2.05, 4.69) is 10.5 Å². The predicted molar refractivity (Wildman–Crippen MR) is 71.0 cm³/mol. The summed E-state index contributed by atoms with van der Waals surface area (Å²) in [5.74, 6) is 0.327. The quantitative estimate of drug-likeness (QED) is 0.870. The van der Waals surface area contributed by atoms with Gasteiger partial charge in [-0.2, -0.15) is 0 Å². The van der Waals surface area contributed by atoms with Gasteiger partial charge in [0.05, 0.1) is 0 Å². The molecule has 3 N–H and O–H groups in total. The molecule has 0 unspecified atom stereocenters. The van der Waals surface area contributed by atoms with E-state index in [-0.39, 0.29) is 11.6 Å². The highest BCUT2D eigenvalue weighted by Crippen LogP contribution is 2.40. The molecule has 0 bridgehead atoms. The zero-order valence-electron chi connectivity index (χ0n) is 11.4. The van der Waals surface area contributed by atoms with Crippen LogP contribution < -0.4 is 11.1 Å². The molecule has 0 aliphatic heterocycles. The lowest BCUT2D eigenvalue weighted by molar-refractivity contribution is -0.125. The summed E-state index contributed by atoms with van der Waals surface area (Å²) in [5, 5.41) is 6.58. The number of hydrogen-bond acceptors (Lipinski definition) is 4. The van der Waals surface area contributed by atoms with Crippen molar-refractivity contribution < 1.29 is 14.1 Å². The van der Waals surface area contributed by atoms with E-state index in [9.17, 15) is 9.59 Å². The van der Waals surface area contributed by atoms with Crippen molar-refractivity contribution in [3.63, 3.8) is 0 Å². The molecule has 2 aliphatic carbocycles. The minimum Gasteiger partial charge on any atom is -0.368 e. The van der Waals surface area contributed by atoms with Crippen LogP contribution in [0.15, 0.2) is 10.6 Å². The van der Waals surface area contributed by atoms with Crippen molar-refractivity contribution in [2.24, 2.45) is 5.73 Å². The first-order valence-electron chi connectivity index (χ1n) is 7.20. The first kappa shape index (κ1) is 13.1. The molecule has 0 aromatic carbocycles. The Kier molecular flexibility index (Phi) is 3.23. The fourth-order valence-corrected chi connectivity index (χ4v) is 2.83. The van der Waals surface area contributed by atoms with Gasteiger partial charge in [-0.1, -0.05) is 24.4 Å². The topological polar surface area (TPSA) is 98.2 Å². The minimum atomic E-state index is -0.923. The van der Waals surface area contributed by atoms with Crippen LogP contribution in [0.5, 0.6) is 0 Å². The zero-order chi connectivity index (χ0) is 14.2. The molecule has 2 amide bonds. The Labute approximate surface area is 117 Å². The summed E-state index contributed by atoms with van der Waals surface area (Å²) in [6.07, 6.45) is 6.23. The van der Waals surface area contributed by atoms with Crippen molar-refractivity contribution in [1.29, 1.82) is 0 Å². The predicted octanol–water partition coefficient (Wildman–Crippen LogP) is 1.47. The largest absolute Gasteiger partial charge is 0.368 e. The average Bonchev–Trinajstić information content (AvgIpc) is 3.17. The number of carbonyl (C=O) groups excluding carboxylic acids is 2. The van der Waals surface area contributed by atoms with Gasteiger partial charge in [0.25, 0.3) is 5.91 Å². The molecular weight excluding hydrogens is 258 g/mol. The van der Waals surface area contributed by atoms with E-state index in [0.29, 0.717) is 18.8 Å². The van der Waals surface area contributed by atoms with Crippen LogP contribution in [-0.4, -0.2) is 22.5 Å². The molecule has 1 heterocycles. The van der Waals surface area contributed by atoms with E-state index in [1.807, 2.05) is 0 Å². The molecule has 2 saturated carbocycles. The van der Waals surface area contributed by atoms with Gasteiger partial charge >= 0.3 is 0 Å². The zero-order valence-corrected chi connectivity index (χ0v) is 11.4. The Bertz CT molecular complexity index is 528. The maximum Gasteiger partial charge on any atom is 0.274 e. The second-order valence-electron chi connectivity index (χ2n) is 5.85. The van der Waals surface area contributed by atoms with Crippen LogP contribution >= 0.6 is 0 Å². The molecule has 6 nitrogen and oxygen atoms in total. The van der Waals surface area contributed by atoms with E-state index in [0.717, 1.165) is 37.9 Å². The summed E-state index contributed by atoms with van der Waals surface area (Å²) >= 11 is 0. The van der Waals surface area contributed by atoms with Crippen molar-refractivity contribution in [1.82, 2.24) is 10.5 Å². The van der Waals surface area contributed by atoms with Crippen molar-refractivity contribution >= 4 is 11.8 Å². The highest BCUT2D eigenvalue weighted by molar-refractivity contribution is 5.97. The molecule has 1 aromatic rings. The van der Waals surface area contributed by atoms with E-state index >= 15 is 0 Å². The monoisotopic (exact) mass is 277 g/mol. The Hall–Kier alpha value is -1.85. The van der Waals surface area contributed by atoms with Gasteiger partial charge in [0, 0.05) is 12.0 Å². The van der Waals surface area contributed by atoms with Crippen LogP contribution in [0.4, 0.5) is 0 Å². The van der Waals surface area contributed by atoms with Crippen molar-refractivity contribution in [3.05, 3.63) is 17.5 Å². The Morgan fingerprint density at radius 3 is 2.60 bits per heavy atom. The van der Waals surface area contributed by atoms with Gasteiger partial charge < -0.3 is 15.6 Å². The molecule has 0 radical (unpaired) electrons. The molecule has 6 heteroatoms. The van der Waals surface area contributed by atoms with Crippen LogP contribution in [0.25, 0.3) is 0 Å². The number of hydrogen-bond donors (Lipinski definition) is 2. The fraction of sp³-hybridized carbons (Fsp3) is 0.643. The molecular formula is C14H19N3O3. The Morgan fingerprint density at radius 1 is 1.30 bits per heavy atom. The first-order chi connectivity index (χ1) is 9.61. The van der Waals surface area contributed by atoms with Gasteiger partial charge in [-0.05, 0) is 25.7 Å². The summed E-state index contributed by atoms with van der Waals surface area (Å²) in [4.78, 5) is 24.0. The number of amides is 2. The van der Waals surface area contributed by atoms with Crippen molar-refractivity contribution in [3.8, 4) is 0 Å². The highest BCUT2D eigenvalue weighted by Gasteiger charge is 2.40. The molecule has 2 fully saturated rings. The summed E-state index contributed by atoms with van der Waals surface area (Å²) in [7, 11) is 0. The molecule has 3 rings (SSSR count). The van der Waals surface area contributed by atoms with Gasteiger partial charge in [0.2, 0.25) is 5.91 Å². The van der Waals surface area contributed by atoms with Gasteiger partial charge in [-0.15, -0.1) is 0 Å². The maximum absolute atomic E-state index is 12.2. The minimum absolute atomic E-state index is 0.234. The van der Waals surface area contributed by atoms with Gasteiger partial charge in [0.1, 0.15) is 11.3 Å². The third-order valence-electron chi connectivity index (χ3n) is 4.27. The van der Waals surface area contributed by atoms with Gasteiger partial charge in [-0.25, -0.2) is 0 Å². The smallest absolute Gasteiger partial charge is 0.274 e. The molecule has 2 aliphatic rings. The van der Waals surface area contributed by atoms with Gasteiger partial charge in [-0.3, -0.25) is 9.59 Å². The van der Waals surface area contributed by atoms with E-state index in [4.69, 9.17) is 10.3 Å². The van der Waals surface area contributed by atoms with Crippen LogP contribution in [-0.2, 0) is 4.79 Å². The van der Waals surface area contributed by atoms with Crippen molar-refractivity contribution in [2.75, 3.05) is 0 Å². The molecule has 0 atom stereocenters. The third kappa shape index (κ3) is 2.42. The number of nitrogens with zero attached hydrogens (tertiary/aromatic N) is 1. The summed E-state index contributed by atoms with van der Waals surface area (Å²) in [6.45, 7) is 0. The second kappa shape index (κ2) is 4.92. The molecule has 108 valence electrons. The Morgan fingerprint density at radius 2 is 2.00 bits per heavy atom. The van der Waals surface area contributed by atoms with E-state index in [1.165, 1.54) is 0 Å². The summed E-state index contributed by atoms with van der Waals surface area (Å²) in [6, 6.07) is 1.67. The normalized spacial score (nSPS) is 21.4. The van der Waals surface area contributed by atoms with Gasteiger partial charge in [0.15, 0.2) is 5.69 Å². The standard InChI is InChI=1S/C14H19N3O3/c15-13(19)14(6-2-1-3-7-14)16-12(18)10-8-11(20-17-10)9-4-5-9/h8-9H,1-7H2,(H2,15,19)(H,16,18). The lowest BCUT2D eigenvalue weighted by Gasteiger charge is -2.34.